The summed E-state index contributed by atoms with van der Waals surface area (Å²) < 4.78 is 2.24. The summed E-state index contributed by atoms with van der Waals surface area (Å²) in [6.45, 7) is 8.36. The van der Waals surface area contributed by atoms with E-state index in [0.29, 0.717) is 5.69 Å². The molecule has 216 valence electrons. The van der Waals surface area contributed by atoms with Crippen LogP contribution in [-0.4, -0.2) is 12.6 Å². The molecule has 46 heavy (non-hydrogen) atoms. The molecule has 0 unspecified atom stereocenters. The standard InChI is InChI=1S/C43H30N2Si/c1-44-39-31-32(29-30-42(39)45-40-26-14-11-24-37(40)38-25-12-15-27-41(38)45)36-23-13-16-28-43(36)46(33-17-5-2-6-18-33,34-19-7-3-8-20-34)35-21-9-4-10-22-35/h2-31H. The fraction of sp³-hybridized carbons (Fsp3) is 0. The Hall–Kier alpha value is -5.95. The van der Waals surface area contributed by atoms with Gasteiger partial charge in [0.05, 0.1) is 23.3 Å². The molecule has 2 nitrogen and oxygen atoms in total. The molecule has 0 bridgehead atoms. The van der Waals surface area contributed by atoms with E-state index >= 15 is 0 Å². The monoisotopic (exact) mass is 602 g/mol. The highest BCUT2D eigenvalue weighted by Gasteiger charge is 2.42. The van der Waals surface area contributed by atoms with Crippen LogP contribution in [-0.2, 0) is 0 Å². The molecule has 0 saturated carbocycles. The van der Waals surface area contributed by atoms with E-state index in [4.69, 9.17) is 6.57 Å². The zero-order valence-electron chi connectivity index (χ0n) is 25.2. The summed E-state index contributed by atoms with van der Waals surface area (Å²) in [6, 6.07) is 65.1. The topological polar surface area (TPSA) is 9.29 Å². The lowest BCUT2D eigenvalue weighted by Crippen LogP contribution is -2.75. The van der Waals surface area contributed by atoms with Crippen molar-refractivity contribution in [2.75, 3.05) is 0 Å². The van der Waals surface area contributed by atoms with Gasteiger partial charge in [-0.3, -0.25) is 0 Å². The molecular formula is C43H30N2Si. The van der Waals surface area contributed by atoms with E-state index in [1.54, 1.807) is 0 Å². The van der Waals surface area contributed by atoms with Gasteiger partial charge in [-0.1, -0.05) is 158 Å². The average molecular weight is 603 g/mol. The first-order chi connectivity index (χ1) is 22.8. The molecule has 3 heteroatoms. The van der Waals surface area contributed by atoms with Gasteiger partial charge in [0.25, 0.3) is 0 Å². The Morgan fingerprint density at radius 2 is 0.913 bits per heavy atom. The SMILES string of the molecule is [C-]#[N+]c1cc(-c2ccccc2[Si](c2ccccc2)(c2ccccc2)c2ccccc2)ccc1-n1c2ccccc2c2ccccc21. The van der Waals surface area contributed by atoms with Gasteiger partial charge in [-0.15, -0.1) is 0 Å². The Kier molecular flexibility index (Phi) is 6.91. The molecule has 0 radical (unpaired) electrons. The Balaban J connectivity index is 1.40. The third kappa shape index (κ3) is 4.31. The molecule has 0 fully saturated rings. The number of hydrogen-bond donors (Lipinski definition) is 0. The average Bonchev–Trinajstić information content (AvgIpc) is 3.47. The van der Waals surface area contributed by atoms with Crippen molar-refractivity contribution in [2.45, 2.75) is 0 Å². The maximum absolute atomic E-state index is 8.36. The van der Waals surface area contributed by atoms with Gasteiger partial charge in [0.15, 0.2) is 8.07 Å². The maximum atomic E-state index is 8.36. The van der Waals surface area contributed by atoms with Crippen LogP contribution < -0.4 is 20.7 Å². The normalized spacial score (nSPS) is 11.5. The quantitative estimate of drug-likeness (QED) is 0.103. The van der Waals surface area contributed by atoms with Crippen LogP contribution in [0.15, 0.2) is 182 Å². The lowest BCUT2D eigenvalue weighted by Gasteiger charge is -2.36. The molecule has 0 spiro atoms. The molecule has 1 heterocycles. The van der Waals surface area contributed by atoms with Crippen LogP contribution in [0.4, 0.5) is 5.69 Å². The first-order valence-corrected chi connectivity index (χ1v) is 17.6. The van der Waals surface area contributed by atoms with Gasteiger partial charge in [0, 0.05) is 10.8 Å². The summed E-state index contributed by atoms with van der Waals surface area (Å²) in [4.78, 5) is 4.13. The summed E-state index contributed by atoms with van der Waals surface area (Å²) in [6.07, 6.45) is 0. The lowest BCUT2D eigenvalue weighted by molar-refractivity contribution is 1.19. The Morgan fingerprint density at radius 1 is 0.457 bits per heavy atom. The first kappa shape index (κ1) is 27.6. The van der Waals surface area contributed by atoms with Crippen molar-refractivity contribution < 1.29 is 0 Å². The number of para-hydroxylation sites is 2. The van der Waals surface area contributed by atoms with Crippen LogP contribution in [0.5, 0.6) is 0 Å². The van der Waals surface area contributed by atoms with Crippen LogP contribution in [0, 0.1) is 6.57 Å². The minimum Gasteiger partial charge on any atom is -0.319 e. The summed E-state index contributed by atoms with van der Waals surface area (Å²) in [5.74, 6) is 0. The molecule has 8 rings (SSSR count). The molecule has 0 aliphatic carbocycles. The van der Waals surface area contributed by atoms with Gasteiger partial charge < -0.3 is 4.57 Å². The van der Waals surface area contributed by atoms with Crippen LogP contribution >= 0.6 is 0 Å². The molecule has 0 saturated heterocycles. The van der Waals surface area contributed by atoms with Crippen LogP contribution in [0.1, 0.15) is 0 Å². The van der Waals surface area contributed by atoms with E-state index in [0.717, 1.165) is 27.8 Å². The summed E-state index contributed by atoms with van der Waals surface area (Å²) >= 11 is 0. The van der Waals surface area contributed by atoms with E-state index in [9.17, 15) is 0 Å². The summed E-state index contributed by atoms with van der Waals surface area (Å²) in [5, 5.41) is 7.66. The van der Waals surface area contributed by atoms with Crippen molar-refractivity contribution in [3.05, 3.63) is 193 Å². The number of fused-ring (bicyclic) bond motifs is 3. The van der Waals surface area contributed by atoms with Gasteiger partial charge in [-0.05, 0) is 56.1 Å². The Morgan fingerprint density at radius 3 is 1.43 bits per heavy atom. The minimum absolute atomic E-state index is 0.630. The van der Waals surface area contributed by atoms with Gasteiger partial charge in [-0.25, -0.2) is 4.85 Å². The van der Waals surface area contributed by atoms with Crippen molar-refractivity contribution in [2.24, 2.45) is 0 Å². The smallest absolute Gasteiger partial charge is 0.211 e. The fourth-order valence-electron chi connectivity index (χ4n) is 7.24. The second-order valence-electron chi connectivity index (χ2n) is 11.6. The second kappa shape index (κ2) is 11.5. The molecule has 7 aromatic carbocycles. The van der Waals surface area contributed by atoms with Gasteiger partial charge in [0.2, 0.25) is 5.69 Å². The van der Waals surface area contributed by atoms with Crippen molar-refractivity contribution in [3.63, 3.8) is 0 Å². The minimum atomic E-state index is -2.78. The number of benzene rings is 7. The largest absolute Gasteiger partial charge is 0.319 e. The molecule has 8 aromatic rings. The van der Waals surface area contributed by atoms with Crippen molar-refractivity contribution >= 4 is 56.3 Å². The van der Waals surface area contributed by atoms with Crippen LogP contribution in [0.3, 0.4) is 0 Å². The molecule has 0 N–H and O–H groups in total. The molecule has 1 aromatic heterocycles. The van der Waals surface area contributed by atoms with Crippen LogP contribution in [0.2, 0.25) is 0 Å². The van der Waals surface area contributed by atoms with E-state index < -0.39 is 8.07 Å². The van der Waals surface area contributed by atoms with Gasteiger partial charge >= 0.3 is 0 Å². The lowest BCUT2D eigenvalue weighted by atomic mass is 10.0. The Bertz CT molecular complexity index is 2220. The number of aromatic nitrogens is 1. The van der Waals surface area contributed by atoms with Crippen molar-refractivity contribution in [3.8, 4) is 16.8 Å². The van der Waals surface area contributed by atoms with E-state index in [1.807, 2.05) is 0 Å². The van der Waals surface area contributed by atoms with Gasteiger partial charge in [0.1, 0.15) is 0 Å². The van der Waals surface area contributed by atoms with E-state index in [2.05, 4.69) is 191 Å². The third-order valence-corrected chi connectivity index (χ3v) is 14.0. The number of nitrogens with zero attached hydrogens (tertiary/aromatic N) is 2. The summed E-state index contributed by atoms with van der Waals surface area (Å²) in [5.41, 5.74) is 5.93. The predicted molar refractivity (Wildman–Crippen MR) is 196 cm³/mol. The highest BCUT2D eigenvalue weighted by atomic mass is 28.3. The molecule has 0 amide bonds. The maximum Gasteiger partial charge on any atom is 0.211 e. The first-order valence-electron chi connectivity index (χ1n) is 15.6. The summed E-state index contributed by atoms with van der Waals surface area (Å²) in [7, 11) is -2.78. The van der Waals surface area contributed by atoms with Crippen molar-refractivity contribution in [1.82, 2.24) is 4.57 Å². The van der Waals surface area contributed by atoms with E-state index in [-0.39, 0.29) is 0 Å². The van der Waals surface area contributed by atoms with Gasteiger partial charge in [-0.2, -0.15) is 0 Å². The highest BCUT2D eigenvalue weighted by molar-refractivity contribution is 7.20. The molecule has 0 aliphatic heterocycles. The third-order valence-electron chi connectivity index (χ3n) is 9.18. The Labute approximate surface area is 270 Å². The molecule has 0 aliphatic rings. The fourth-order valence-corrected chi connectivity index (χ4v) is 12.2. The highest BCUT2D eigenvalue weighted by Crippen LogP contribution is 2.37. The zero-order chi connectivity index (χ0) is 30.9. The molecule has 0 atom stereocenters. The molecular weight excluding hydrogens is 573 g/mol. The predicted octanol–water partition coefficient (Wildman–Crippen LogP) is 8.38. The second-order valence-corrected chi connectivity index (χ2v) is 15.3. The van der Waals surface area contributed by atoms with Crippen molar-refractivity contribution in [1.29, 1.82) is 0 Å². The zero-order valence-corrected chi connectivity index (χ0v) is 26.2. The number of hydrogen-bond acceptors (Lipinski definition) is 0. The van der Waals surface area contributed by atoms with E-state index in [1.165, 1.54) is 31.5 Å². The van der Waals surface area contributed by atoms with Crippen LogP contribution in [0.25, 0.3) is 43.5 Å². The number of rotatable bonds is 6.